The van der Waals surface area contributed by atoms with Gasteiger partial charge in [-0.2, -0.15) is 0 Å². The van der Waals surface area contributed by atoms with Gasteiger partial charge < -0.3 is 5.32 Å². The molecule has 1 amide bonds. The molecule has 2 rings (SSSR count). The summed E-state index contributed by atoms with van der Waals surface area (Å²) in [4.78, 5) is 11.9. The number of rotatable bonds is 8. The van der Waals surface area contributed by atoms with Gasteiger partial charge in [-0.1, -0.05) is 56.8 Å². The van der Waals surface area contributed by atoms with Crippen molar-refractivity contribution in [3.8, 4) is 0 Å². The highest BCUT2D eigenvalue weighted by Crippen LogP contribution is 2.28. The van der Waals surface area contributed by atoms with Crippen molar-refractivity contribution < 1.29 is 4.79 Å². The highest BCUT2D eigenvalue weighted by molar-refractivity contribution is 7.15. The number of nitrogens with zero attached hydrogens (tertiary/aromatic N) is 2. The quantitative estimate of drug-likeness (QED) is 0.732. The van der Waals surface area contributed by atoms with Gasteiger partial charge in [0.2, 0.25) is 11.0 Å². The number of hydrogen-bond acceptors (Lipinski definition) is 4. The van der Waals surface area contributed by atoms with Crippen molar-refractivity contribution in [2.75, 3.05) is 5.32 Å². The molecular formula is C15H25N3OS. The van der Waals surface area contributed by atoms with E-state index in [4.69, 9.17) is 0 Å². The fraction of sp³-hybridized carbons (Fsp3) is 0.800. The molecule has 4 nitrogen and oxygen atoms in total. The van der Waals surface area contributed by atoms with Crippen molar-refractivity contribution in [1.82, 2.24) is 10.2 Å². The van der Waals surface area contributed by atoms with Crippen molar-refractivity contribution in [2.24, 2.45) is 5.92 Å². The highest BCUT2D eigenvalue weighted by atomic mass is 32.1. The van der Waals surface area contributed by atoms with Crippen molar-refractivity contribution in [2.45, 2.75) is 71.1 Å². The molecule has 1 N–H and O–H groups in total. The molecule has 112 valence electrons. The van der Waals surface area contributed by atoms with Crippen LogP contribution in [-0.4, -0.2) is 16.1 Å². The Morgan fingerprint density at radius 2 is 2.10 bits per heavy atom. The zero-order valence-corrected chi connectivity index (χ0v) is 13.2. The van der Waals surface area contributed by atoms with Crippen LogP contribution >= 0.6 is 11.3 Å². The summed E-state index contributed by atoms with van der Waals surface area (Å²) < 4.78 is 0. The van der Waals surface area contributed by atoms with Crippen molar-refractivity contribution in [3.63, 3.8) is 0 Å². The Balaban J connectivity index is 1.67. The Kier molecular flexibility index (Phi) is 6.43. The van der Waals surface area contributed by atoms with Crippen LogP contribution < -0.4 is 5.32 Å². The van der Waals surface area contributed by atoms with Crippen LogP contribution in [0.2, 0.25) is 0 Å². The molecule has 1 fully saturated rings. The van der Waals surface area contributed by atoms with E-state index in [2.05, 4.69) is 22.4 Å². The van der Waals surface area contributed by atoms with Crippen LogP contribution in [0.1, 0.15) is 69.7 Å². The first-order chi connectivity index (χ1) is 9.78. The lowest BCUT2D eigenvalue weighted by Crippen LogP contribution is -2.12. The van der Waals surface area contributed by atoms with Crippen molar-refractivity contribution in [3.05, 3.63) is 5.01 Å². The van der Waals surface area contributed by atoms with Gasteiger partial charge in [-0.05, 0) is 18.8 Å². The summed E-state index contributed by atoms with van der Waals surface area (Å²) in [6, 6.07) is 0. The van der Waals surface area contributed by atoms with Gasteiger partial charge in [-0.25, -0.2) is 0 Å². The van der Waals surface area contributed by atoms with E-state index >= 15 is 0 Å². The van der Waals surface area contributed by atoms with Gasteiger partial charge in [0.1, 0.15) is 5.01 Å². The molecule has 1 saturated carbocycles. The maximum Gasteiger partial charge on any atom is 0.226 e. The zero-order valence-electron chi connectivity index (χ0n) is 12.4. The second-order valence-corrected chi connectivity index (χ2v) is 6.76. The molecule has 1 aliphatic carbocycles. The maximum atomic E-state index is 11.9. The van der Waals surface area contributed by atoms with Crippen LogP contribution in [0.3, 0.4) is 0 Å². The number of aryl methyl sites for hydroxylation is 1. The largest absolute Gasteiger partial charge is 0.301 e. The number of carbonyl (C=O) groups excluding carboxylic acids is 1. The molecule has 20 heavy (non-hydrogen) atoms. The van der Waals surface area contributed by atoms with Gasteiger partial charge in [-0.3, -0.25) is 4.79 Å². The summed E-state index contributed by atoms with van der Waals surface area (Å²) >= 11 is 1.52. The number of carbonyl (C=O) groups is 1. The minimum absolute atomic E-state index is 0.0909. The zero-order chi connectivity index (χ0) is 14.2. The van der Waals surface area contributed by atoms with Gasteiger partial charge in [0.15, 0.2) is 0 Å². The second-order valence-electron chi connectivity index (χ2n) is 5.70. The third kappa shape index (κ3) is 5.19. The molecule has 0 radical (unpaired) electrons. The second kappa shape index (κ2) is 8.35. The molecule has 1 heterocycles. The molecular weight excluding hydrogens is 270 g/mol. The summed E-state index contributed by atoms with van der Waals surface area (Å²) in [5, 5.41) is 12.8. The fourth-order valence-corrected chi connectivity index (χ4v) is 3.55. The Hall–Kier alpha value is -0.970. The lowest BCUT2D eigenvalue weighted by Gasteiger charge is -2.07. The van der Waals surface area contributed by atoms with Crippen LogP contribution in [-0.2, 0) is 11.2 Å². The lowest BCUT2D eigenvalue weighted by molar-refractivity contribution is -0.116. The standard InChI is InChI=1S/C15H25N3OS/c1-2-3-4-9-14-17-18-15(20-14)16-13(19)11-10-12-7-5-6-8-12/h12H,2-11H2,1H3,(H,16,18,19). The normalized spacial score (nSPS) is 15.7. The molecule has 0 bridgehead atoms. The third-order valence-corrected chi connectivity index (χ3v) is 4.86. The van der Waals surface area contributed by atoms with Gasteiger partial charge in [0.25, 0.3) is 0 Å². The Bertz CT molecular complexity index is 413. The number of nitrogens with one attached hydrogen (secondary N) is 1. The van der Waals surface area contributed by atoms with Gasteiger partial charge in [0, 0.05) is 12.8 Å². The molecule has 0 aliphatic heterocycles. The molecule has 1 aromatic rings. The molecule has 0 unspecified atom stereocenters. The summed E-state index contributed by atoms with van der Waals surface area (Å²) in [6.45, 7) is 2.19. The predicted molar refractivity (Wildman–Crippen MR) is 83.0 cm³/mol. The minimum Gasteiger partial charge on any atom is -0.301 e. The topological polar surface area (TPSA) is 54.9 Å². The average Bonchev–Trinajstić information content (AvgIpc) is 3.08. The number of hydrogen-bond donors (Lipinski definition) is 1. The van der Waals surface area contributed by atoms with Crippen LogP contribution in [0, 0.1) is 5.92 Å². The summed E-state index contributed by atoms with van der Waals surface area (Å²) in [5.74, 6) is 0.855. The first-order valence-electron chi connectivity index (χ1n) is 7.90. The van der Waals surface area contributed by atoms with E-state index in [-0.39, 0.29) is 5.91 Å². The van der Waals surface area contributed by atoms with E-state index in [0.29, 0.717) is 11.6 Å². The van der Waals surface area contributed by atoms with Crippen LogP contribution in [0.25, 0.3) is 0 Å². The molecule has 0 atom stereocenters. The minimum atomic E-state index is 0.0909. The molecule has 5 heteroatoms. The lowest BCUT2D eigenvalue weighted by atomic mass is 10.0. The van der Waals surface area contributed by atoms with E-state index in [1.807, 2.05) is 0 Å². The molecule has 0 aromatic carbocycles. The number of anilines is 1. The summed E-state index contributed by atoms with van der Waals surface area (Å²) in [6.07, 6.45) is 11.5. The summed E-state index contributed by atoms with van der Waals surface area (Å²) in [7, 11) is 0. The van der Waals surface area contributed by atoms with E-state index in [1.54, 1.807) is 0 Å². The highest BCUT2D eigenvalue weighted by Gasteiger charge is 2.16. The monoisotopic (exact) mass is 295 g/mol. The first kappa shape index (κ1) is 15.4. The van der Waals surface area contributed by atoms with E-state index in [1.165, 1.54) is 49.9 Å². The van der Waals surface area contributed by atoms with E-state index in [0.717, 1.165) is 30.2 Å². The van der Waals surface area contributed by atoms with E-state index in [9.17, 15) is 4.79 Å². The van der Waals surface area contributed by atoms with Crippen molar-refractivity contribution >= 4 is 22.4 Å². The first-order valence-corrected chi connectivity index (χ1v) is 8.72. The van der Waals surface area contributed by atoms with E-state index < -0.39 is 0 Å². The fourth-order valence-electron chi connectivity index (χ4n) is 2.75. The Morgan fingerprint density at radius 3 is 2.85 bits per heavy atom. The van der Waals surface area contributed by atoms with Gasteiger partial charge >= 0.3 is 0 Å². The van der Waals surface area contributed by atoms with Crippen molar-refractivity contribution in [1.29, 1.82) is 0 Å². The molecule has 0 spiro atoms. The van der Waals surface area contributed by atoms with Gasteiger partial charge in [-0.15, -0.1) is 10.2 Å². The number of aromatic nitrogens is 2. The Labute approximate surface area is 125 Å². The smallest absolute Gasteiger partial charge is 0.226 e. The van der Waals surface area contributed by atoms with Crippen LogP contribution in [0.15, 0.2) is 0 Å². The molecule has 1 aromatic heterocycles. The number of unbranched alkanes of at least 4 members (excludes halogenated alkanes) is 2. The number of amides is 1. The Morgan fingerprint density at radius 1 is 1.30 bits per heavy atom. The van der Waals surface area contributed by atoms with Crippen LogP contribution in [0.4, 0.5) is 5.13 Å². The molecule has 1 aliphatic rings. The average molecular weight is 295 g/mol. The van der Waals surface area contributed by atoms with Crippen LogP contribution in [0.5, 0.6) is 0 Å². The molecule has 0 saturated heterocycles. The third-order valence-electron chi connectivity index (χ3n) is 3.96. The maximum absolute atomic E-state index is 11.9. The SMILES string of the molecule is CCCCCc1nnc(NC(=O)CCC2CCCC2)s1. The van der Waals surface area contributed by atoms with Gasteiger partial charge in [0.05, 0.1) is 0 Å². The summed E-state index contributed by atoms with van der Waals surface area (Å²) in [5.41, 5.74) is 0. The predicted octanol–water partition coefficient (Wildman–Crippen LogP) is 4.18.